The summed E-state index contributed by atoms with van der Waals surface area (Å²) in [6, 6.07) is 8.66. The van der Waals surface area contributed by atoms with Crippen molar-refractivity contribution in [3.8, 4) is 5.82 Å². The summed E-state index contributed by atoms with van der Waals surface area (Å²) in [5.74, 6) is 0.898. The number of benzene rings is 1. The zero-order chi connectivity index (χ0) is 15.4. The Labute approximate surface area is 136 Å². The van der Waals surface area contributed by atoms with Crippen molar-refractivity contribution in [3.63, 3.8) is 0 Å². The molecule has 3 rings (SSSR count). The van der Waals surface area contributed by atoms with Gasteiger partial charge in [-0.2, -0.15) is 5.10 Å². The SMILES string of the molecule is O=C(CSc1nccnc1-n1cccn1)c1ccc(Cl)cc1. The molecule has 0 N–H and O–H groups in total. The van der Waals surface area contributed by atoms with Crippen molar-refractivity contribution in [2.45, 2.75) is 5.03 Å². The molecule has 0 radical (unpaired) electrons. The van der Waals surface area contributed by atoms with Crippen LogP contribution in [-0.4, -0.2) is 31.3 Å². The highest BCUT2D eigenvalue weighted by Gasteiger charge is 2.12. The van der Waals surface area contributed by atoms with Gasteiger partial charge in [-0.1, -0.05) is 23.4 Å². The maximum absolute atomic E-state index is 12.2. The van der Waals surface area contributed by atoms with Gasteiger partial charge in [0, 0.05) is 35.4 Å². The lowest BCUT2D eigenvalue weighted by Gasteiger charge is -2.06. The molecule has 0 saturated carbocycles. The standard InChI is InChI=1S/C15H11ClN4OS/c16-12-4-2-11(3-5-12)13(21)10-22-15-14(17-7-8-18-15)20-9-1-6-19-20/h1-9H,10H2. The van der Waals surface area contributed by atoms with E-state index in [1.54, 1.807) is 53.7 Å². The van der Waals surface area contributed by atoms with E-state index in [0.717, 1.165) is 0 Å². The van der Waals surface area contributed by atoms with Gasteiger partial charge in [-0.3, -0.25) is 4.79 Å². The summed E-state index contributed by atoms with van der Waals surface area (Å²) in [5, 5.41) is 5.41. The van der Waals surface area contributed by atoms with Gasteiger partial charge in [0.25, 0.3) is 0 Å². The third-order valence-corrected chi connectivity index (χ3v) is 4.09. The Bertz CT molecular complexity index is 775. The smallest absolute Gasteiger partial charge is 0.186 e. The molecular formula is C15H11ClN4OS. The normalized spacial score (nSPS) is 10.6. The van der Waals surface area contributed by atoms with Crippen LogP contribution in [-0.2, 0) is 0 Å². The number of carbonyl (C=O) groups is 1. The average Bonchev–Trinajstić information content (AvgIpc) is 3.08. The predicted molar refractivity (Wildman–Crippen MR) is 85.7 cm³/mol. The van der Waals surface area contributed by atoms with Crippen molar-refractivity contribution in [1.29, 1.82) is 0 Å². The molecule has 7 heteroatoms. The van der Waals surface area contributed by atoms with Crippen LogP contribution in [0.2, 0.25) is 5.02 Å². The molecule has 2 aromatic heterocycles. The second-order valence-corrected chi connectivity index (χ2v) is 5.75. The van der Waals surface area contributed by atoms with Gasteiger partial charge in [-0.25, -0.2) is 14.6 Å². The van der Waals surface area contributed by atoms with E-state index in [1.165, 1.54) is 11.8 Å². The highest BCUT2D eigenvalue weighted by molar-refractivity contribution is 8.00. The van der Waals surface area contributed by atoms with Crippen molar-refractivity contribution in [1.82, 2.24) is 19.7 Å². The van der Waals surface area contributed by atoms with E-state index in [-0.39, 0.29) is 11.5 Å². The van der Waals surface area contributed by atoms with Crippen LogP contribution < -0.4 is 0 Å². The molecule has 0 spiro atoms. The van der Waals surface area contributed by atoms with E-state index in [2.05, 4.69) is 15.1 Å². The number of rotatable bonds is 5. The van der Waals surface area contributed by atoms with E-state index in [0.29, 0.717) is 21.4 Å². The number of hydrogen-bond donors (Lipinski definition) is 0. The molecule has 22 heavy (non-hydrogen) atoms. The van der Waals surface area contributed by atoms with Crippen LogP contribution in [0.1, 0.15) is 10.4 Å². The highest BCUT2D eigenvalue weighted by Crippen LogP contribution is 2.22. The van der Waals surface area contributed by atoms with E-state index in [4.69, 9.17) is 11.6 Å². The van der Waals surface area contributed by atoms with Crippen molar-refractivity contribution >= 4 is 29.1 Å². The van der Waals surface area contributed by atoms with Gasteiger partial charge in [0.1, 0.15) is 5.03 Å². The van der Waals surface area contributed by atoms with Gasteiger partial charge in [0.05, 0.1) is 5.75 Å². The van der Waals surface area contributed by atoms with E-state index in [9.17, 15) is 4.79 Å². The lowest BCUT2D eigenvalue weighted by molar-refractivity contribution is 0.102. The van der Waals surface area contributed by atoms with Crippen LogP contribution in [0.15, 0.2) is 60.1 Å². The molecule has 0 aliphatic heterocycles. The van der Waals surface area contributed by atoms with Gasteiger partial charge < -0.3 is 0 Å². The fourth-order valence-electron chi connectivity index (χ4n) is 1.82. The molecule has 0 amide bonds. The van der Waals surface area contributed by atoms with Crippen LogP contribution in [0.3, 0.4) is 0 Å². The average molecular weight is 331 g/mol. The molecule has 0 aliphatic rings. The number of thioether (sulfide) groups is 1. The Morgan fingerprint density at radius 2 is 1.91 bits per heavy atom. The summed E-state index contributed by atoms with van der Waals surface area (Å²) in [7, 11) is 0. The molecule has 1 aromatic carbocycles. The van der Waals surface area contributed by atoms with Crippen molar-refractivity contribution in [2.75, 3.05) is 5.75 Å². The first-order valence-corrected chi connectivity index (χ1v) is 7.83. The number of nitrogens with zero attached hydrogens (tertiary/aromatic N) is 4. The Balaban J connectivity index is 1.74. The minimum atomic E-state index is 0.0127. The summed E-state index contributed by atoms with van der Waals surface area (Å²) in [6.45, 7) is 0. The molecule has 2 heterocycles. The van der Waals surface area contributed by atoms with Crippen LogP contribution in [0, 0.1) is 0 Å². The van der Waals surface area contributed by atoms with Crippen LogP contribution >= 0.6 is 23.4 Å². The molecule has 0 fully saturated rings. The Hall–Kier alpha value is -2.18. The van der Waals surface area contributed by atoms with Crippen molar-refractivity contribution in [2.24, 2.45) is 0 Å². The molecule has 0 bridgehead atoms. The number of ketones is 1. The quantitative estimate of drug-likeness (QED) is 0.530. The van der Waals surface area contributed by atoms with Gasteiger partial charge >= 0.3 is 0 Å². The molecular weight excluding hydrogens is 320 g/mol. The van der Waals surface area contributed by atoms with Gasteiger partial charge in [0.2, 0.25) is 0 Å². The highest BCUT2D eigenvalue weighted by atomic mass is 35.5. The summed E-state index contributed by atoms with van der Waals surface area (Å²) in [4.78, 5) is 20.7. The van der Waals surface area contributed by atoms with Crippen LogP contribution in [0.5, 0.6) is 0 Å². The fourth-order valence-corrected chi connectivity index (χ4v) is 2.80. The zero-order valence-electron chi connectivity index (χ0n) is 11.4. The maximum Gasteiger partial charge on any atom is 0.186 e. The van der Waals surface area contributed by atoms with E-state index >= 15 is 0 Å². The minimum Gasteiger partial charge on any atom is -0.293 e. The van der Waals surface area contributed by atoms with Gasteiger partial charge in [0.15, 0.2) is 11.6 Å². The Kier molecular flexibility index (Phi) is 4.50. The molecule has 0 aliphatic carbocycles. The topological polar surface area (TPSA) is 60.7 Å². The monoisotopic (exact) mass is 330 g/mol. The molecule has 0 atom stereocenters. The predicted octanol–water partition coefficient (Wildman–Crippen LogP) is 3.29. The van der Waals surface area contributed by atoms with E-state index in [1.807, 2.05) is 6.07 Å². The van der Waals surface area contributed by atoms with Gasteiger partial charge in [-0.05, 0) is 30.3 Å². The second-order valence-electron chi connectivity index (χ2n) is 4.35. The van der Waals surface area contributed by atoms with Gasteiger partial charge in [-0.15, -0.1) is 0 Å². The van der Waals surface area contributed by atoms with Crippen LogP contribution in [0.4, 0.5) is 0 Å². The number of halogens is 1. The number of aromatic nitrogens is 4. The van der Waals surface area contributed by atoms with Crippen molar-refractivity contribution < 1.29 is 4.79 Å². The van der Waals surface area contributed by atoms with Crippen LogP contribution in [0.25, 0.3) is 5.82 Å². The Morgan fingerprint density at radius 3 is 2.64 bits per heavy atom. The molecule has 5 nitrogen and oxygen atoms in total. The number of Topliss-reactive ketones (excluding diaryl/α,β-unsaturated/α-hetero) is 1. The van der Waals surface area contributed by atoms with E-state index < -0.39 is 0 Å². The molecule has 110 valence electrons. The first-order valence-electron chi connectivity index (χ1n) is 6.46. The first-order chi connectivity index (χ1) is 10.7. The lowest BCUT2D eigenvalue weighted by atomic mass is 10.1. The second kappa shape index (κ2) is 6.72. The fraction of sp³-hybridized carbons (Fsp3) is 0.0667. The largest absolute Gasteiger partial charge is 0.293 e. The minimum absolute atomic E-state index is 0.0127. The molecule has 0 unspecified atom stereocenters. The summed E-state index contributed by atoms with van der Waals surface area (Å²) in [5.41, 5.74) is 0.626. The zero-order valence-corrected chi connectivity index (χ0v) is 13.0. The lowest BCUT2D eigenvalue weighted by Crippen LogP contribution is -2.05. The number of hydrogen-bond acceptors (Lipinski definition) is 5. The maximum atomic E-state index is 12.2. The third kappa shape index (κ3) is 3.35. The summed E-state index contributed by atoms with van der Waals surface area (Å²) >= 11 is 7.16. The van der Waals surface area contributed by atoms with Crippen molar-refractivity contribution in [3.05, 3.63) is 65.7 Å². The number of carbonyl (C=O) groups excluding carboxylic acids is 1. The Morgan fingerprint density at radius 1 is 1.14 bits per heavy atom. The molecule has 3 aromatic rings. The first kappa shape index (κ1) is 14.7. The summed E-state index contributed by atoms with van der Waals surface area (Å²) < 4.78 is 1.63. The summed E-state index contributed by atoms with van der Waals surface area (Å²) in [6.07, 6.45) is 6.65. The third-order valence-electron chi connectivity index (χ3n) is 2.87. The molecule has 0 saturated heterocycles.